The van der Waals surface area contributed by atoms with Crippen LogP contribution in [0, 0.1) is 0 Å². The van der Waals surface area contributed by atoms with Crippen LogP contribution in [-0.4, -0.2) is 16.9 Å². The fourth-order valence-corrected chi connectivity index (χ4v) is 3.85. The van der Waals surface area contributed by atoms with Crippen molar-refractivity contribution in [2.75, 3.05) is 0 Å². The van der Waals surface area contributed by atoms with Crippen LogP contribution in [0.4, 0.5) is 0 Å². The normalized spacial score (nSPS) is 10.8. The molecule has 5 heteroatoms. The highest BCUT2D eigenvalue weighted by atomic mass is 35.5. The zero-order chi connectivity index (χ0) is 22.4. The summed E-state index contributed by atoms with van der Waals surface area (Å²) < 4.78 is 0. The zero-order valence-electron chi connectivity index (χ0n) is 17.3. The Balaban J connectivity index is 1.82. The molecule has 0 bridgehead atoms. The number of benzene rings is 3. The van der Waals surface area contributed by atoms with Crippen molar-refractivity contribution in [2.45, 2.75) is 39.0 Å². The van der Waals surface area contributed by atoms with Gasteiger partial charge in [-0.05, 0) is 64.9 Å². The van der Waals surface area contributed by atoms with Crippen molar-refractivity contribution in [3.8, 4) is 11.1 Å². The first-order valence-corrected chi connectivity index (χ1v) is 11.0. The van der Waals surface area contributed by atoms with E-state index in [0.717, 1.165) is 36.0 Å². The van der Waals surface area contributed by atoms with E-state index in [-0.39, 0.29) is 24.2 Å². The Labute approximate surface area is 192 Å². The lowest BCUT2D eigenvalue weighted by Gasteiger charge is -2.10. The van der Waals surface area contributed by atoms with Gasteiger partial charge in [-0.3, -0.25) is 4.79 Å². The molecule has 0 aromatic heterocycles. The lowest BCUT2D eigenvalue weighted by atomic mass is 9.94. The average molecular weight is 455 g/mol. The Kier molecular flexibility index (Phi) is 7.89. The molecule has 0 aliphatic heterocycles. The second-order valence-corrected chi connectivity index (χ2v) is 8.43. The molecule has 0 amide bonds. The fourth-order valence-electron chi connectivity index (χ4n) is 3.53. The summed E-state index contributed by atoms with van der Waals surface area (Å²) in [6.07, 6.45) is 3.54. The lowest BCUT2D eigenvalue weighted by Crippen LogP contribution is -2.11. The number of ketones is 1. The molecule has 0 spiro atoms. The number of unbranched alkanes of at least 4 members (excludes halogenated alkanes) is 1. The van der Waals surface area contributed by atoms with Gasteiger partial charge >= 0.3 is 5.97 Å². The Bertz CT molecular complexity index is 1090. The molecule has 0 aliphatic rings. The van der Waals surface area contributed by atoms with Gasteiger partial charge in [0, 0.05) is 12.8 Å². The van der Waals surface area contributed by atoms with Crippen LogP contribution in [-0.2, 0) is 24.1 Å². The molecule has 0 atom stereocenters. The third kappa shape index (κ3) is 6.19. The van der Waals surface area contributed by atoms with E-state index in [4.69, 9.17) is 23.2 Å². The van der Waals surface area contributed by atoms with Crippen LogP contribution in [0.15, 0.2) is 60.7 Å². The summed E-state index contributed by atoms with van der Waals surface area (Å²) in [5, 5.41) is 10.4. The van der Waals surface area contributed by atoms with Gasteiger partial charge in [0.25, 0.3) is 0 Å². The number of aryl methyl sites for hydroxylation is 1. The fraction of sp³-hybridized carbons (Fsp3) is 0.231. The van der Waals surface area contributed by atoms with Gasteiger partial charge < -0.3 is 5.11 Å². The maximum absolute atomic E-state index is 12.7. The van der Waals surface area contributed by atoms with Gasteiger partial charge in [-0.1, -0.05) is 72.9 Å². The van der Waals surface area contributed by atoms with Crippen LogP contribution >= 0.6 is 23.2 Å². The average Bonchev–Trinajstić information content (AvgIpc) is 2.75. The quantitative estimate of drug-likeness (QED) is 0.376. The van der Waals surface area contributed by atoms with Gasteiger partial charge in [-0.25, -0.2) is 4.79 Å². The van der Waals surface area contributed by atoms with E-state index in [0.29, 0.717) is 15.6 Å². The number of aromatic carboxylic acids is 1. The molecule has 3 rings (SSSR count). The molecule has 0 radical (unpaired) electrons. The number of hydrogen-bond acceptors (Lipinski definition) is 2. The number of carboxylic acids is 1. The van der Waals surface area contributed by atoms with Crippen LogP contribution in [0.3, 0.4) is 0 Å². The van der Waals surface area contributed by atoms with Crippen molar-refractivity contribution in [3.05, 3.63) is 93.0 Å². The van der Waals surface area contributed by atoms with Gasteiger partial charge in [0.05, 0.1) is 15.6 Å². The number of carboxylic acid groups (broad SMARTS) is 1. The standard InChI is InChI=1S/C26H24Cl2O3/c1-2-3-4-17-5-8-19(9-6-17)20-10-11-23(26(30)31)21(15-20)16-22(29)13-18-7-12-24(27)25(28)14-18/h5-12,14-15H,2-4,13,16H2,1H3,(H,30,31). The molecular formula is C26H24Cl2O3. The van der Waals surface area contributed by atoms with Crippen LogP contribution in [0.5, 0.6) is 0 Å². The third-order valence-electron chi connectivity index (χ3n) is 5.21. The molecule has 1 N–H and O–H groups in total. The predicted molar refractivity (Wildman–Crippen MR) is 126 cm³/mol. The van der Waals surface area contributed by atoms with Gasteiger partial charge in [0.2, 0.25) is 0 Å². The molecule has 0 saturated heterocycles. The second-order valence-electron chi connectivity index (χ2n) is 7.62. The Morgan fingerprint density at radius 3 is 2.13 bits per heavy atom. The minimum absolute atomic E-state index is 0.0320. The largest absolute Gasteiger partial charge is 0.478 e. The van der Waals surface area contributed by atoms with E-state index >= 15 is 0 Å². The molecule has 0 fully saturated rings. The van der Waals surface area contributed by atoms with Crippen molar-refractivity contribution in [2.24, 2.45) is 0 Å². The van der Waals surface area contributed by atoms with Crippen LogP contribution < -0.4 is 0 Å². The van der Waals surface area contributed by atoms with Crippen molar-refractivity contribution in [1.82, 2.24) is 0 Å². The van der Waals surface area contributed by atoms with Crippen molar-refractivity contribution in [1.29, 1.82) is 0 Å². The molecule has 0 saturated carbocycles. The summed E-state index contributed by atoms with van der Waals surface area (Å²) in [6, 6.07) is 18.5. The summed E-state index contributed by atoms with van der Waals surface area (Å²) in [5.74, 6) is -1.13. The third-order valence-corrected chi connectivity index (χ3v) is 5.95. The van der Waals surface area contributed by atoms with Crippen molar-refractivity contribution < 1.29 is 14.7 Å². The number of rotatable bonds is 9. The van der Waals surface area contributed by atoms with Gasteiger partial charge in [0.15, 0.2) is 0 Å². The highest BCUT2D eigenvalue weighted by Crippen LogP contribution is 2.26. The Morgan fingerprint density at radius 2 is 1.48 bits per heavy atom. The first kappa shape index (κ1) is 23.1. The molecule has 0 heterocycles. The monoisotopic (exact) mass is 454 g/mol. The van der Waals surface area contributed by atoms with Crippen LogP contribution in [0.25, 0.3) is 11.1 Å². The first-order valence-electron chi connectivity index (χ1n) is 10.3. The molecule has 160 valence electrons. The maximum Gasteiger partial charge on any atom is 0.335 e. The van der Waals surface area contributed by atoms with Crippen LogP contribution in [0.1, 0.15) is 46.8 Å². The van der Waals surface area contributed by atoms with E-state index in [1.807, 2.05) is 12.1 Å². The topological polar surface area (TPSA) is 54.4 Å². The predicted octanol–water partition coefficient (Wildman–Crippen LogP) is 7.06. The summed E-state index contributed by atoms with van der Waals surface area (Å²) in [5.41, 5.74) is 4.57. The molecule has 0 aliphatic carbocycles. The van der Waals surface area contributed by atoms with Crippen molar-refractivity contribution in [3.63, 3.8) is 0 Å². The van der Waals surface area contributed by atoms with Gasteiger partial charge in [-0.2, -0.15) is 0 Å². The van der Waals surface area contributed by atoms with E-state index in [1.165, 1.54) is 5.56 Å². The van der Waals surface area contributed by atoms with E-state index in [2.05, 4.69) is 19.1 Å². The number of carbonyl (C=O) groups is 2. The van der Waals surface area contributed by atoms with E-state index in [9.17, 15) is 14.7 Å². The SMILES string of the molecule is CCCCc1ccc(-c2ccc(C(=O)O)c(CC(=O)Cc3ccc(Cl)c(Cl)c3)c2)cc1. The Hall–Kier alpha value is -2.62. The highest BCUT2D eigenvalue weighted by molar-refractivity contribution is 6.42. The number of Topliss-reactive ketones (excluding diaryl/α,β-unsaturated/α-hetero) is 1. The summed E-state index contributed by atoms with van der Waals surface area (Å²) in [7, 11) is 0. The maximum atomic E-state index is 12.7. The van der Waals surface area contributed by atoms with Gasteiger partial charge in [-0.15, -0.1) is 0 Å². The molecule has 3 aromatic carbocycles. The molecule has 3 aromatic rings. The smallest absolute Gasteiger partial charge is 0.335 e. The molecular weight excluding hydrogens is 431 g/mol. The Morgan fingerprint density at radius 1 is 0.806 bits per heavy atom. The summed E-state index contributed by atoms with van der Waals surface area (Å²) in [4.78, 5) is 24.4. The minimum Gasteiger partial charge on any atom is -0.478 e. The zero-order valence-corrected chi connectivity index (χ0v) is 18.8. The number of halogens is 2. The van der Waals surface area contributed by atoms with Crippen LogP contribution in [0.2, 0.25) is 10.0 Å². The van der Waals surface area contributed by atoms with Crippen molar-refractivity contribution >= 4 is 35.0 Å². The minimum atomic E-state index is -1.04. The molecule has 3 nitrogen and oxygen atoms in total. The molecule has 31 heavy (non-hydrogen) atoms. The first-order chi connectivity index (χ1) is 14.9. The van der Waals surface area contributed by atoms with E-state index in [1.54, 1.807) is 36.4 Å². The number of carbonyl (C=O) groups excluding carboxylic acids is 1. The molecule has 0 unspecified atom stereocenters. The summed E-state index contributed by atoms with van der Waals surface area (Å²) in [6.45, 7) is 2.17. The highest BCUT2D eigenvalue weighted by Gasteiger charge is 2.15. The van der Waals surface area contributed by atoms with Gasteiger partial charge in [0.1, 0.15) is 5.78 Å². The summed E-state index contributed by atoms with van der Waals surface area (Å²) >= 11 is 12.0. The second kappa shape index (κ2) is 10.6. The van der Waals surface area contributed by atoms with E-state index < -0.39 is 5.97 Å². The lowest BCUT2D eigenvalue weighted by molar-refractivity contribution is -0.117. The number of hydrogen-bond donors (Lipinski definition) is 1.